The molecule has 0 bridgehead atoms. The zero-order chi connectivity index (χ0) is 15.0. The van der Waals surface area contributed by atoms with Crippen LogP contribution in [0, 0.1) is 13.8 Å². The predicted molar refractivity (Wildman–Crippen MR) is 94.2 cm³/mol. The molecule has 116 valence electrons. The molecule has 1 unspecified atom stereocenters. The normalized spacial score (nSPS) is 24.8. The molecule has 2 aliphatic rings. The number of rotatable bonds is 2. The average Bonchev–Trinajstić information content (AvgIpc) is 2.92. The molecule has 1 N–H and O–H groups in total. The van der Waals surface area contributed by atoms with E-state index in [4.69, 9.17) is 0 Å². The fourth-order valence-electron chi connectivity index (χ4n) is 4.10. The minimum absolute atomic E-state index is 0.376. The summed E-state index contributed by atoms with van der Waals surface area (Å²) in [5.41, 5.74) is 4.48. The first-order chi connectivity index (χ1) is 10.0. The van der Waals surface area contributed by atoms with Crippen molar-refractivity contribution >= 4 is 21.6 Å². The second-order valence-electron chi connectivity index (χ2n) is 6.95. The summed E-state index contributed by atoms with van der Waals surface area (Å²) in [7, 11) is 0. The second kappa shape index (κ2) is 5.92. The zero-order valence-corrected chi connectivity index (χ0v) is 15.1. The summed E-state index contributed by atoms with van der Waals surface area (Å²) in [5.74, 6) is 0. The first kappa shape index (κ1) is 15.4. The van der Waals surface area contributed by atoms with Crippen molar-refractivity contribution in [3.8, 4) is 0 Å². The van der Waals surface area contributed by atoms with E-state index in [9.17, 15) is 0 Å². The van der Waals surface area contributed by atoms with Crippen LogP contribution in [0.15, 0.2) is 16.6 Å². The van der Waals surface area contributed by atoms with Gasteiger partial charge in [0.05, 0.1) is 0 Å². The molecule has 1 aliphatic heterocycles. The first-order valence-electron chi connectivity index (χ1n) is 8.33. The van der Waals surface area contributed by atoms with Gasteiger partial charge in [-0.2, -0.15) is 0 Å². The third-order valence-electron chi connectivity index (χ3n) is 5.41. The standard InChI is InChI=1S/C18H27BrN2/c1-4-15-11-20-18(7-5-6-8-18)12-21(15)16-9-13(2)17(19)14(3)10-16/h9-10,15,20H,4-8,11-12H2,1-3H3. The van der Waals surface area contributed by atoms with Crippen LogP contribution >= 0.6 is 15.9 Å². The Labute approximate surface area is 137 Å². The van der Waals surface area contributed by atoms with Crippen LogP contribution in [0.4, 0.5) is 5.69 Å². The van der Waals surface area contributed by atoms with E-state index in [2.05, 4.69) is 59.1 Å². The van der Waals surface area contributed by atoms with Crippen molar-refractivity contribution < 1.29 is 0 Å². The van der Waals surface area contributed by atoms with Crippen molar-refractivity contribution in [2.45, 2.75) is 64.5 Å². The smallest absolute Gasteiger partial charge is 0.0412 e. The van der Waals surface area contributed by atoms with Crippen LogP contribution in [0.3, 0.4) is 0 Å². The lowest BCUT2D eigenvalue weighted by Crippen LogP contribution is -2.63. The van der Waals surface area contributed by atoms with E-state index in [1.807, 2.05) is 0 Å². The third-order valence-corrected chi connectivity index (χ3v) is 6.66. The van der Waals surface area contributed by atoms with Crippen molar-refractivity contribution in [3.05, 3.63) is 27.7 Å². The van der Waals surface area contributed by atoms with Crippen LogP contribution < -0.4 is 10.2 Å². The number of anilines is 1. The molecule has 1 saturated carbocycles. The molecule has 3 heteroatoms. The summed E-state index contributed by atoms with van der Waals surface area (Å²) in [6.07, 6.45) is 6.66. The highest BCUT2D eigenvalue weighted by molar-refractivity contribution is 9.10. The minimum atomic E-state index is 0.376. The molecule has 3 rings (SSSR count). The van der Waals surface area contributed by atoms with Gasteiger partial charge in [0.15, 0.2) is 0 Å². The number of halogens is 1. The molecule has 0 aromatic heterocycles. The van der Waals surface area contributed by atoms with Gasteiger partial charge in [-0.3, -0.25) is 0 Å². The topological polar surface area (TPSA) is 15.3 Å². The summed E-state index contributed by atoms with van der Waals surface area (Å²) in [6, 6.07) is 5.33. The Bertz CT molecular complexity index is 497. The molecule has 1 aromatic rings. The van der Waals surface area contributed by atoms with Crippen LogP contribution in [0.1, 0.15) is 50.2 Å². The van der Waals surface area contributed by atoms with Gasteiger partial charge in [0.25, 0.3) is 0 Å². The van der Waals surface area contributed by atoms with Gasteiger partial charge < -0.3 is 10.2 Å². The Kier molecular flexibility index (Phi) is 4.33. The largest absolute Gasteiger partial charge is 0.365 e. The van der Waals surface area contributed by atoms with Gasteiger partial charge in [-0.1, -0.05) is 35.7 Å². The molecular weight excluding hydrogens is 324 g/mol. The molecule has 0 amide bonds. The molecule has 0 radical (unpaired) electrons. The summed E-state index contributed by atoms with van der Waals surface area (Å²) in [5, 5.41) is 3.88. The molecule has 1 saturated heterocycles. The lowest BCUT2D eigenvalue weighted by atomic mass is 9.91. The number of aryl methyl sites for hydroxylation is 2. The molecule has 1 aliphatic carbocycles. The van der Waals surface area contributed by atoms with Gasteiger partial charge in [-0.05, 0) is 56.4 Å². The number of nitrogens with one attached hydrogen (secondary N) is 1. The third kappa shape index (κ3) is 2.87. The first-order valence-corrected chi connectivity index (χ1v) is 9.12. The van der Waals surface area contributed by atoms with Gasteiger partial charge >= 0.3 is 0 Å². The number of hydrogen-bond acceptors (Lipinski definition) is 2. The maximum absolute atomic E-state index is 3.88. The Morgan fingerprint density at radius 2 is 1.86 bits per heavy atom. The average molecular weight is 351 g/mol. The van der Waals surface area contributed by atoms with E-state index in [-0.39, 0.29) is 0 Å². The fourth-order valence-corrected chi connectivity index (χ4v) is 4.33. The van der Waals surface area contributed by atoms with Gasteiger partial charge in [-0.15, -0.1) is 0 Å². The molecular formula is C18H27BrN2. The lowest BCUT2D eigenvalue weighted by Gasteiger charge is -2.47. The summed E-state index contributed by atoms with van der Waals surface area (Å²) in [6.45, 7) is 9.02. The van der Waals surface area contributed by atoms with E-state index < -0.39 is 0 Å². The summed E-state index contributed by atoms with van der Waals surface area (Å²) >= 11 is 3.70. The van der Waals surface area contributed by atoms with Gasteiger partial charge in [-0.25, -0.2) is 0 Å². The van der Waals surface area contributed by atoms with Gasteiger partial charge in [0.2, 0.25) is 0 Å². The van der Waals surface area contributed by atoms with E-state index in [0.717, 1.165) is 6.54 Å². The van der Waals surface area contributed by atoms with Crippen LogP contribution in [0.2, 0.25) is 0 Å². The SMILES string of the molecule is CCC1CNC2(CCCC2)CN1c1cc(C)c(Br)c(C)c1. The van der Waals surface area contributed by atoms with Crippen molar-refractivity contribution in [2.75, 3.05) is 18.0 Å². The van der Waals surface area contributed by atoms with Crippen LogP contribution in [-0.4, -0.2) is 24.7 Å². The molecule has 2 nitrogen and oxygen atoms in total. The minimum Gasteiger partial charge on any atom is -0.365 e. The quantitative estimate of drug-likeness (QED) is 0.840. The number of nitrogens with zero attached hydrogens (tertiary/aromatic N) is 1. The Balaban J connectivity index is 1.93. The highest BCUT2D eigenvalue weighted by Crippen LogP contribution is 2.37. The van der Waals surface area contributed by atoms with Crippen molar-refractivity contribution in [1.82, 2.24) is 5.32 Å². The highest BCUT2D eigenvalue weighted by atomic mass is 79.9. The second-order valence-corrected chi connectivity index (χ2v) is 7.74. The van der Waals surface area contributed by atoms with Crippen LogP contribution in [0.5, 0.6) is 0 Å². The maximum atomic E-state index is 3.88. The van der Waals surface area contributed by atoms with Crippen LogP contribution in [-0.2, 0) is 0 Å². The Morgan fingerprint density at radius 3 is 2.43 bits per heavy atom. The fraction of sp³-hybridized carbons (Fsp3) is 0.667. The molecule has 1 atom stereocenters. The van der Waals surface area contributed by atoms with Crippen LogP contribution in [0.25, 0.3) is 0 Å². The zero-order valence-electron chi connectivity index (χ0n) is 13.5. The van der Waals surface area contributed by atoms with E-state index in [1.54, 1.807) is 0 Å². The van der Waals surface area contributed by atoms with E-state index in [0.29, 0.717) is 11.6 Å². The molecule has 1 spiro atoms. The van der Waals surface area contributed by atoms with Gasteiger partial charge in [0, 0.05) is 34.8 Å². The monoisotopic (exact) mass is 350 g/mol. The summed E-state index contributed by atoms with van der Waals surface area (Å²) in [4.78, 5) is 2.67. The summed E-state index contributed by atoms with van der Waals surface area (Å²) < 4.78 is 1.25. The van der Waals surface area contributed by atoms with Crippen molar-refractivity contribution in [2.24, 2.45) is 0 Å². The molecule has 1 aromatic carbocycles. The molecule has 2 fully saturated rings. The lowest BCUT2D eigenvalue weighted by molar-refractivity contribution is 0.267. The number of hydrogen-bond donors (Lipinski definition) is 1. The van der Waals surface area contributed by atoms with Crippen molar-refractivity contribution in [3.63, 3.8) is 0 Å². The maximum Gasteiger partial charge on any atom is 0.0412 e. The number of piperazine rings is 1. The molecule has 1 heterocycles. The predicted octanol–water partition coefficient (Wildman–Crippen LogP) is 4.57. The van der Waals surface area contributed by atoms with E-state index in [1.165, 1.54) is 59.9 Å². The Hall–Kier alpha value is -0.540. The highest BCUT2D eigenvalue weighted by Gasteiger charge is 2.40. The van der Waals surface area contributed by atoms with E-state index >= 15 is 0 Å². The van der Waals surface area contributed by atoms with Crippen molar-refractivity contribution in [1.29, 1.82) is 0 Å². The Morgan fingerprint density at radius 1 is 1.24 bits per heavy atom. The number of benzene rings is 1. The van der Waals surface area contributed by atoms with Gasteiger partial charge in [0.1, 0.15) is 0 Å². The molecule has 21 heavy (non-hydrogen) atoms.